The summed E-state index contributed by atoms with van der Waals surface area (Å²) in [6.07, 6.45) is -2.91. The summed E-state index contributed by atoms with van der Waals surface area (Å²) in [5.41, 5.74) is 9.61. The molecule has 4 aliphatic carbocycles. The summed E-state index contributed by atoms with van der Waals surface area (Å²) in [5.74, 6) is -2.49. The number of aliphatic carboxylic acids is 1. The van der Waals surface area contributed by atoms with Gasteiger partial charge in [0.2, 0.25) is 6.29 Å². The number of amides is 2. The lowest BCUT2D eigenvalue weighted by atomic mass is 9.39. The van der Waals surface area contributed by atoms with Gasteiger partial charge in [-0.05, 0) is 122 Å². The number of hydrogen-bond donors (Lipinski definition) is 9. The number of carboxylic acids is 2. The maximum absolute atomic E-state index is 14.2. The number of aromatic carboxylic acids is 1. The topological polar surface area (TPSA) is 398 Å². The highest BCUT2D eigenvalue weighted by molar-refractivity contribution is 7.85. The summed E-state index contributed by atoms with van der Waals surface area (Å²) in [5, 5.41) is 63.8. The van der Waals surface area contributed by atoms with Crippen LogP contribution in [0.5, 0.6) is 17.2 Å². The van der Waals surface area contributed by atoms with E-state index in [1.54, 1.807) is 37.6 Å². The molecular formula is C67H85N9O20S2. The normalized spacial score (nSPS) is 25.2. The van der Waals surface area contributed by atoms with Crippen molar-refractivity contribution >= 4 is 66.6 Å². The number of benzene rings is 3. The molecule has 12 rings (SSSR count). The van der Waals surface area contributed by atoms with Crippen molar-refractivity contribution < 1.29 is 95.6 Å². The molecule has 5 fully saturated rings. The number of carbonyl (C=O) groups excluding carboxylic acids is 2. The van der Waals surface area contributed by atoms with Gasteiger partial charge in [-0.1, -0.05) is 37.3 Å². The molecule has 2 amide bonds. The fourth-order valence-corrected chi connectivity index (χ4v) is 17.5. The molecule has 4 saturated carbocycles. The van der Waals surface area contributed by atoms with Crippen LogP contribution in [-0.2, 0) is 64.7 Å². The second-order valence-electron chi connectivity index (χ2n) is 27.1. The molecular weight excluding hydrogens is 1310 g/mol. The Morgan fingerprint density at radius 3 is 2.35 bits per heavy atom. The van der Waals surface area contributed by atoms with E-state index in [2.05, 4.69) is 29.5 Å². The molecule has 29 nitrogen and oxygen atoms in total. The van der Waals surface area contributed by atoms with E-state index in [1.807, 2.05) is 46.8 Å². The SMILES string of the molecule is COCCN(CCOC12CC3(C)CC(C)(CC(Cn4ncc(-c5ccc(N6CCc7c(OC)ccc(C(=O)Nc8nc9ccccc9s8)c7C6)nc5C(=O)O)c4C)(C3)C1)C2)C(=O)OCc1ccc(OCCOCCNC[C@@H](N)CS(=O)(=O)O)cc1O[C@@H]1O[C@H](C(=O)O)[C@@H](O)[C@H](O)[C@H]1O. The van der Waals surface area contributed by atoms with E-state index < -0.39 is 82.9 Å². The van der Waals surface area contributed by atoms with Gasteiger partial charge in [-0.15, -0.1) is 0 Å². The summed E-state index contributed by atoms with van der Waals surface area (Å²) >= 11 is 1.39. The average Bonchev–Trinajstić information content (AvgIpc) is 0.828. The zero-order chi connectivity index (χ0) is 69.9. The number of nitrogens with two attached hydrogens (primary N) is 1. The van der Waals surface area contributed by atoms with E-state index in [1.165, 1.54) is 35.5 Å². The van der Waals surface area contributed by atoms with Crippen LogP contribution in [0, 0.1) is 23.2 Å². The summed E-state index contributed by atoms with van der Waals surface area (Å²) in [7, 11) is -1.12. The van der Waals surface area contributed by atoms with Crippen molar-refractivity contribution in [3.05, 3.63) is 107 Å². The summed E-state index contributed by atoms with van der Waals surface area (Å²) in [6, 6.07) is 18.4. The first-order valence-electron chi connectivity index (χ1n) is 32.4. The Balaban J connectivity index is 0.743. The molecule has 8 atom stereocenters. The Morgan fingerprint density at radius 2 is 1.62 bits per heavy atom. The van der Waals surface area contributed by atoms with E-state index in [0.29, 0.717) is 59.4 Å². The van der Waals surface area contributed by atoms with Gasteiger partial charge in [-0.3, -0.25) is 19.3 Å². The van der Waals surface area contributed by atoms with E-state index in [4.69, 9.17) is 58.3 Å². The molecule has 31 heteroatoms. The first-order valence-corrected chi connectivity index (χ1v) is 34.9. The number of para-hydroxylation sites is 1. The number of fused-ring (bicyclic) bond motifs is 2. The standard InChI is InChI=1S/C67H85N9O20S2/c1-39-46(44-13-15-52(72-53(44)59(81)82)75-18-16-43-47(29-75)45(12-14-49(43)90-5)58(80)73-62-71-48-8-6-7-9-51(48)97-62)28-70-76(39)38-66-33-64(2)32-65(3,34-66)36-67(35-64,37-66)94-23-20-74(19-22-89-4)63(85)93-30-40-10-11-42(92-25-24-91-21-17-69-27-41(68)31-98(86,87)88)26-50(40)95-61-56(79)54(77)55(78)57(96-61)60(83)84/h6-15,26,28,41,54-57,61,69,77-79H,16-25,27,29-38,68H2,1-5H3,(H,81,82)(H,83,84)(H,71,73,80)(H,86,87,88)/t41-,54+,55+,56-,57+,61-,64?,65?,66?,67?/m1/s1. The van der Waals surface area contributed by atoms with Gasteiger partial charge in [0.05, 0.1) is 61.3 Å². The molecule has 530 valence electrons. The maximum Gasteiger partial charge on any atom is 0.410 e. The van der Waals surface area contributed by atoms with Crippen molar-refractivity contribution in [1.82, 2.24) is 30.0 Å². The van der Waals surface area contributed by atoms with E-state index in [9.17, 15) is 53.1 Å². The number of carbonyl (C=O) groups is 4. The number of nitrogens with one attached hydrogen (secondary N) is 2. The molecule has 5 heterocycles. The van der Waals surface area contributed by atoms with E-state index >= 15 is 0 Å². The molecule has 3 aromatic heterocycles. The van der Waals surface area contributed by atoms with Crippen molar-refractivity contribution in [2.75, 3.05) is 95.9 Å². The van der Waals surface area contributed by atoms with Crippen molar-refractivity contribution in [3.8, 4) is 28.4 Å². The van der Waals surface area contributed by atoms with Crippen LogP contribution < -0.4 is 35.5 Å². The predicted octanol–water partition coefficient (Wildman–Crippen LogP) is 5.28. The lowest BCUT2D eigenvalue weighted by molar-refractivity contribution is -0.271. The highest BCUT2D eigenvalue weighted by Crippen LogP contribution is 2.72. The monoisotopic (exact) mass is 1400 g/mol. The zero-order valence-corrected chi connectivity index (χ0v) is 56.9. The van der Waals surface area contributed by atoms with Crippen LogP contribution in [0.3, 0.4) is 0 Å². The van der Waals surface area contributed by atoms with Crippen LogP contribution in [0.25, 0.3) is 21.3 Å². The van der Waals surface area contributed by atoms with Crippen molar-refractivity contribution in [2.45, 2.75) is 128 Å². The van der Waals surface area contributed by atoms with Gasteiger partial charge in [0.25, 0.3) is 16.0 Å². The largest absolute Gasteiger partial charge is 0.496 e. The highest BCUT2D eigenvalue weighted by Gasteiger charge is 2.66. The summed E-state index contributed by atoms with van der Waals surface area (Å²) < 4.78 is 81.1. The van der Waals surface area contributed by atoms with Gasteiger partial charge in [0.1, 0.15) is 54.6 Å². The number of aliphatic hydroxyl groups is 3. The van der Waals surface area contributed by atoms with Gasteiger partial charge in [-0.2, -0.15) is 13.5 Å². The second-order valence-corrected chi connectivity index (χ2v) is 29.6. The van der Waals surface area contributed by atoms with Crippen molar-refractivity contribution in [2.24, 2.45) is 22.0 Å². The maximum atomic E-state index is 14.2. The zero-order valence-electron chi connectivity index (χ0n) is 55.2. The third kappa shape index (κ3) is 16.3. The number of hydrogen-bond acceptors (Lipinski definition) is 24. The number of anilines is 2. The quantitative estimate of drug-likeness (QED) is 0.0197. The minimum atomic E-state index is -4.22. The Labute approximate surface area is 570 Å². The third-order valence-electron chi connectivity index (χ3n) is 19.1. The molecule has 10 N–H and O–H groups in total. The molecule has 98 heavy (non-hydrogen) atoms. The van der Waals surface area contributed by atoms with Gasteiger partial charge < -0.3 is 84.3 Å². The minimum absolute atomic E-state index is 0.0218. The predicted molar refractivity (Wildman–Crippen MR) is 356 cm³/mol. The minimum Gasteiger partial charge on any atom is -0.496 e. The number of carboxylic acid groups (broad SMARTS) is 2. The molecule has 6 aliphatic rings. The van der Waals surface area contributed by atoms with Gasteiger partial charge in [-0.25, -0.2) is 24.4 Å². The van der Waals surface area contributed by atoms with Crippen LogP contribution >= 0.6 is 11.3 Å². The fraction of sp³-hybridized carbons (Fsp3) is 0.537. The first kappa shape index (κ1) is 71.6. The molecule has 3 aromatic carbocycles. The van der Waals surface area contributed by atoms with Crippen LogP contribution in [0.2, 0.25) is 0 Å². The van der Waals surface area contributed by atoms with Gasteiger partial charge in [0.15, 0.2) is 16.9 Å². The van der Waals surface area contributed by atoms with E-state index in [-0.39, 0.29) is 104 Å². The van der Waals surface area contributed by atoms with Gasteiger partial charge in [0, 0.05) is 98.5 Å². The molecule has 0 spiro atoms. The Bertz CT molecular complexity index is 3970. The molecule has 2 unspecified atom stereocenters. The lowest BCUT2D eigenvalue weighted by Gasteiger charge is -2.69. The summed E-state index contributed by atoms with van der Waals surface area (Å²) in [4.78, 5) is 66.2. The number of aliphatic hydroxyl groups excluding tert-OH is 3. The number of thiazole rings is 1. The number of ether oxygens (including phenoxy) is 8. The van der Waals surface area contributed by atoms with Crippen LogP contribution in [0.4, 0.5) is 15.7 Å². The molecule has 1 saturated heterocycles. The van der Waals surface area contributed by atoms with Crippen LogP contribution in [0.1, 0.15) is 95.6 Å². The number of methoxy groups -OCH3 is 2. The smallest absolute Gasteiger partial charge is 0.410 e. The highest BCUT2D eigenvalue weighted by atomic mass is 32.2. The second kappa shape index (κ2) is 29.7. The molecule has 2 aliphatic heterocycles. The third-order valence-corrected chi connectivity index (χ3v) is 20.9. The number of aromatic nitrogens is 4. The Morgan fingerprint density at radius 1 is 0.857 bits per heavy atom. The van der Waals surface area contributed by atoms with Crippen molar-refractivity contribution in [3.63, 3.8) is 0 Å². The fourth-order valence-electron chi connectivity index (χ4n) is 16.0. The number of rotatable bonds is 31. The number of nitrogens with zero attached hydrogens (tertiary/aromatic N) is 6. The average molecular weight is 1400 g/mol. The molecule has 0 radical (unpaired) electrons. The van der Waals surface area contributed by atoms with Gasteiger partial charge >= 0.3 is 18.0 Å². The number of pyridine rings is 1. The Hall–Kier alpha value is -7.66. The summed E-state index contributed by atoms with van der Waals surface area (Å²) in [6.45, 7) is 8.87. The molecule has 6 aromatic rings. The van der Waals surface area contributed by atoms with E-state index in [0.717, 1.165) is 65.6 Å². The Kier molecular flexibility index (Phi) is 21.7. The lowest BCUT2D eigenvalue weighted by Crippen LogP contribution is -2.64. The van der Waals surface area contributed by atoms with Crippen molar-refractivity contribution in [1.29, 1.82) is 0 Å². The van der Waals surface area contributed by atoms with Crippen LogP contribution in [-0.4, -0.2) is 215 Å². The van der Waals surface area contributed by atoms with Crippen LogP contribution in [0.15, 0.2) is 72.9 Å². The first-order chi connectivity index (χ1) is 46.7. The molecule has 4 bridgehead atoms.